The van der Waals surface area contributed by atoms with Gasteiger partial charge in [-0.3, -0.25) is 0 Å². The van der Waals surface area contributed by atoms with Crippen LogP contribution in [0, 0.1) is 0 Å². The van der Waals surface area contributed by atoms with Gasteiger partial charge in [-0.25, -0.2) is 9.36 Å². The summed E-state index contributed by atoms with van der Waals surface area (Å²) in [5.41, 5.74) is 2.14. The number of rotatable bonds is 4. The zero-order valence-electron chi connectivity index (χ0n) is 12.7. The Hall–Kier alpha value is -2.68. The number of hydrogen-bond donors (Lipinski definition) is 1. The van der Waals surface area contributed by atoms with Crippen LogP contribution in [0.15, 0.2) is 84.9 Å². The lowest BCUT2D eigenvalue weighted by molar-refractivity contribution is 0.0723. The zero-order chi connectivity index (χ0) is 17.0. The van der Waals surface area contributed by atoms with E-state index in [0.29, 0.717) is 0 Å². The lowest BCUT2D eigenvalue weighted by Gasteiger charge is -2.12. The Morgan fingerprint density at radius 2 is 1.25 bits per heavy atom. The molecule has 0 aromatic heterocycles. The van der Waals surface area contributed by atoms with Crippen molar-refractivity contribution < 1.29 is 18.8 Å². The minimum Gasteiger partial charge on any atom is -0.385 e. The maximum Gasteiger partial charge on any atom is 0.410 e. The summed E-state index contributed by atoms with van der Waals surface area (Å²) in [5, 5.41) is 0.0754. The molecule has 0 radical (unpaired) electrons. The third kappa shape index (κ3) is 3.62. The van der Waals surface area contributed by atoms with E-state index in [-0.39, 0.29) is 10.9 Å². The van der Waals surface area contributed by atoms with Gasteiger partial charge in [-0.05, 0) is 35.4 Å². The second kappa shape index (κ2) is 6.83. The summed E-state index contributed by atoms with van der Waals surface area (Å²) in [4.78, 5) is 22.1. The van der Waals surface area contributed by atoms with Gasteiger partial charge in [-0.1, -0.05) is 60.7 Å². The topological polar surface area (TPSA) is 63.6 Å². The van der Waals surface area contributed by atoms with Crippen LogP contribution in [0.1, 0.15) is 10.4 Å². The van der Waals surface area contributed by atoms with Crippen molar-refractivity contribution in [3.8, 4) is 11.1 Å². The first-order valence-corrected chi connectivity index (χ1v) is 8.92. The second-order valence-electron chi connectivity index (χ2n) is 5.18. The molecule has 0 bridgehead atoms. The molecule has 3 aromatic rings. The zero-order valence-corrected chi connectivity index (χ0v) is 13.6. The molecule has 0 saturated carbocycles. The molecule has 0 fully saturated rings. The fraction of sp³-hybridized carbons (Fsp3) is 0. The van der Waals surface area contributed by atoms with Crippen molar-refractivity contribution in [2.75, 3.05) is 0 Å². The Kier molecular flexibility index (Phi) is 4.61. The quantitative estimate of drug-likeness (QED) is 0.730. The van der Waals surface area contributed by atoms with E-state index in [1.165, 1.54) is 24.3 Å². The van der Waals surface area contributed by atoms with Gasteiger partial charge in [0.15, 0.2) is 0 Å². The summed E-state index contributed by atoms with van der Waals surface area (Å²) in [6.07, 6.45) is 0. The van der Waals surface area contributed by atoms with Gasteiger partial charge in [-0.2, -0.15) is 0 Å². The van der Waals surface area contributed by atoms with Crippen LogP contribution in [0.4, 0.5) is 0 Å². The summed E-state index contributed by atoms with van der Waals surface area (Å²) < 4.78 is 17.2. The van der Waals surface area contributed by atoms with Gasteiger partial charge in [0.25, 0.3) is 0 Å². The Morgan fingerprint density at radius 1 is 0.750 bits per heavy atom. The standard InChI is InChI=1S/C19H15O4P/c20-19(17-9-5-2-6-10-17)23-24(21,22)18-13-11-16(12-14-18)15-7-3-1-4-8-15/h1-14H,(H,21,22). The predicted octanol–water partition coefficient (Wildman–Crippen LogP) is 4.02. The summed E-state index contributed by atoms with van der Waals surface area (Å²) in [6.45, 7) is 0. The van der Waals surface area contributed by atoms with E-state index >= 15 is 0 Å². The fourth-order valence-corrected chi connectivity index (χ4v) is 3.23. The number of benzene rings is 3. The van der Waals surface area contributed by atoms with Crippen LogP contribution in [0.5, 0.6) is 0 Å². The van der Waals surface area contributed by atoms with Gasteiger partial charge in [0, 0.05) is 0 Å². The predicted molar refractivity (Wildman–Crippen MR) is 93.2 cm³/mol. The molecule has 3 rings (SSSR count). The summed E-state index contributed by atoms with van der Waals surface area (Å²) >= 11 is 0. The molecule has 24 heavy (non-hydrogen) atoms. The van der Waals surface area contributed by atoms with Gasteiger partial charge < -0.3 is 9.42 Å². The van der Waals surface area contributed by atoms with Crippen LogP contribution in [0.25, 0.3) is 11.1 Å². The fourth-order valence-electron chi connectivity index (χ4n) is 2.26. The molecule has 0 aliphatic heterocycles. The molecule has 0 heterocycles. The second-order valence-corrected chi connectivity index (χ2v) is 6.92. The van der Waals surface area contributed by atoms with Gasteiger partial charge in [-0.15, -0.1) is 0 Å². The molecule has 0 aliphatic carbocycles. The van der Waals surface area contributed by atoms with Crippen molar-refractivity contribution in [2.45, 2.75) is 0 Å². The van der Waals surface area contributed by atoms with E-state index in [9.17, 15) is 14.3 Å². The van der Waals surface area contributed by atoms with Gasteiger partial charge in [0.2, 0.25) is 0 Å². The number of carbonyl (C=O) groups is 1. The maximum absolute atomic E-state index is 12.4. The van der Waals surface area contributed by atoms with Gasteiger partial charge >= 0.3 is 13.6 Å². The molecule has 0 spiro atoms. The molecular weight excluding hydrogens is 323 g/mol. The Bertz CT molecular complexity index is 874. The van der Waals surface area contributed by atoms with E-state index in [0.717, 1.165) is 11.1 Å². The first-order chi connectivity index (χ1) is 11.6. The number of hydrogen-bond acceptors (Lipinski definition) is 3. The third-order valence-electron chi connectivity index (χ3n) is 3.52. The highest BCUT2D eigenvalue weighted by Crippen LogP contribution is 2.41. The minimum atomic E-state index is -4.23. The average molecular weight is 338 g/mol. The van der Waals surface area contributed by atoms with Crippen molar-refractivity contribution in [1.29, 1.82) is 0 Å². The maximum atomic E-state index is 12.4. The van der Waals surface area contributed by atoms with E-state index in [1.807, 2.05) is 30.3 Å². The van der Waals surface area contributed by atoms with Crippen molar-refractivity contribution in [2.24, 2.45) is 0 Å². The highest BCUT2D eigenvalue weighted by molar-refractivity contribution is 7.61. The molecule has 1 unspecified atom stereocenters. The van der Waals surface area contributed by atoms with Crippen molar-refractivity contribution >= 4 is 18.9 Å². The largest absolute Gasteiger partial charge is 0.410 e. The summed E-state index contributed by atoms with van der Waals surface area (Å²) in [7, 11) is -4.23. The molecule has 3 aromatic carbocycles. The van der Waals surface area contributed by atoms with E-state index in [4.69, 9.17) is 4.52 Å². The lowest BCUT2D eigenvalue weighted by atomic mass is 10.1. The van der Waals surface area contributed by atoms with Crippen LogP contribution >= 0.6 is 7.60 Å². The summed E-state index contributed by atoms with van der Waals surface area (Å²) in [5.74, 6) is -0.825. The molecule has 4 nitrogen and oxygen atoms in total. The van der Waals surface area contributed by atoms with Gasteiger partial charge in [0.05, 0.1) is 10.9 Å². The molecule has 0 saturated heterocycles. The van der Waals surface area contributed by atoms with Crippen molar-refractivity contribution in [1.82, 2.24) is 0 Å². The van der Waals surface area contributed by atoms with Crippen LogP contribution < -0.4 is 5.30 Å². The molecule has 1 atom stereocenters. The highest BCUT2D eigenvalue weighted by atomic mass is 31.2. The average Bonchev–Trinajstić information content (AvgIpc) is 2.63. The molecule has 1 N–H and O–H groups in total. The van der Waals surface area contributed by atoms with Crippen molar-refractivity contribution in [3.05, 3.63) is 90.5 Å². The SMILES string of the molecule is O=C(OP(=O)(O)c1ccc(-c2ccccc2)cc1)c1ccccc1. The summed E-state index contributed by atoms with van der Waals surface area (Å²) in [6, 6.07) is 24.2. The number of carbonyl (C=O) groups excluding carboxylic acids is 1. The Morgan fingerprint density at radius 3 is 1.83 bits per heavy atom. The Labute approximate surface area is 139 Å². The monoisotopic (exact) mass is 338 g/mol. The molecule has 120 valence electrons. The normalized spacial score (nSPS) is 13.0. The molecular formula is C19H15O4P. The third-order valence-corrected chi connectivity index (χ3v) is 4.88. The van der Waals surface area contributed by atoms with Crippen molar-refractivity contribution in [3.63, 3.8) is 0 Å². The van der Waals surface area contributed by atoms with Crippen LogP contribution in [-0.4, -0.2) is 10.9 Å². The van der Waals surface area contributed by atoms with Crippen LogP contribution in [0.2, 0.25) is 0 Å². The minimum absolute atomic E-state index is 0.0754. The lowest BCUT2D eigenvalue weighted by Crippen LogP contribution is -2.11. The van der Waals surface area contributed by atoms with E-state index < -0.39 is 13.6 Å². The molecule has 5 heteroatoms. The highest BCUT2D eigenvalue weighted by Gasteiger charge is 2.27. The molecule has 0 amide bonds. The van der Waals surface area contributed by atoms with Crippen LogP contribution in [0.3, 0.4) is 0 Å². The van der Waals surface area contributed by atoms with Gasteiger partial charge in [0.1, 0.15) is 0 Å². The smallest absolute Gasteiger partial charge is 0.385 e. The van der Waals surface area contributed by atoms with E-state index in [2.05, 4.69) is 0 Å². The Balaban J connectivity index is 1.80. The van der Waals surface area contributed by atoms with E-state index in [1.54, 1.807) is 30.3 Å². The first kappa shape index (κ1) is 16.2. The van der Waals surface area contributed by atoms with Crippen LogP contribution in [-0.2, 0) is 9.09 Å². The first-order valence-electron chi connectivity index (χ1n) is 7.34. The molecule has 0 aliphatic rings.